The summed E-state index contributed by atoms with van der Waals surface area (Å²) in [6.45, 7) is 6.31. The summed E-state index contributed by atoms with van der Waals surface area (Å²) in [7, 11) is 0. The van der Waals surface area contributed by atoms with E-state index in [9.17, 15) is 19.8 Å². The van der Waals surface area contributed by atoms with E-state index in [0.29, 0.717) is 19.3 Å². The fourth-order valence-corrected chi connectivity index (χ4v) is 7.07. The molecule has 6 heteroatoms. The van der Waals surface area contributed by atoms with Crippen LogP contribution in [-0.2, 0) is 14.3 Å². The number of amides is 1. The molecule has 3 unspecified atom stereocenters. The second-order valence-corrected chi connectivity index (χ2v) is 16.2. The molecule has 0 aromatic heterocycles. The molecular weight excluding hydrogens is 695 g/mol. The van der Waals surface area contributed by atoms with Crippen LogP contribution in [0.1, 0.15) is 233 Å². The van der Waals surface area contributed by atoms with Crippen LogP contribution in [0.5, 0.6) is 0 Å². The van der Waals surface area contributed by atoms with Gasteiger partial charge in [0, 0.05) is 6.42 Å². The van der Waals surface area contributed by atoms with Crippen LogP contribution in [0.3, 0.4) is 0 Å². The van der Waals surface area contributed by atoms with Crippen molar-refractivity contribution >= 4 is 11.9 Å². The van der Waals surface area contributed by atoms with Crippen LogP contribution in [0.2, 0.25) is 0 Å². The average Bonchev–Trinajstić information content (AvgIpc) is 3.19. The van der Waals surface area contributed by atoms with Crippen molar-refractivity contribution < 1.29 is 24.5 Å². The molecule has 0 aliphatic heterocycles. The molecule has 0 aromatic carbocycles. The monoisotopic (exact) mass is 786 g/mol. The predicted molar refractivity (Wildman–Crippen MR) is 241 cm³/mol. The fraction of sp³-hybridized carbons (Fsp3) is 0.800. The normalized spacial score (nSPS) is 13.7. The number of esters is 1. The first kappa shape index (κ1) is 53.8. The number of hydrogen-bond donors (Lipinski definition) is 3. The zero-order chi connectivity index (χ0) is 41.0. The second kappa shape index (κ2) is 43.9. The zero-order valence-electron chi connectivity index (χ0n) is 37.0. The summed E-state index contributed by atoms with van der Waals surface area (Å²) < 4.78 is 5.89. The minimum absolute atomic E-state index is 0.0528. The van der Waals surface area contributed by atoms with Gasteiger partial charge >= 0.3 is 5.97 Å². The van der Waals surface area contributed by atoms with Gasteiger partial charge in [-0.2, -0.15) is 0 Å². The Hall–Kier alpha value is -2.18. The number of hydrogen-bond acceptors (Lipinski definition) is 5. The molecule has 326 valence electrons. The molecule has 0 saturated carbocycles. The van der Waals surface area contributed by atoms with Gasteiger partial charge in [-0.05, 0) is 70.6 Å². The van der Waals surface area contributed by atoms with Crippen molar-refractivity contribution in [1.82, 2.24) is 5.32 Å². The Labute approximate surface area is 346 Å². The molecule has 1 amide bonds. The van der Waals surface area contributed by atoms with Crippen LogP contribution >= 0.6 is 0 Å². The molecule has 0 fully saturated rings. The number of nitrogens with one attached hydrogen (secondary N) is 1. The van der Waals surface area contributed by atoms with E-state index < -0.39 is 18.2 Å². The number of rotatable bonds is 42. The lowest BCUT2D eigenvalue weighted by atomic mass is 10.0. The number of aliphatic hydroxyl groups excluding tert-OH is 2. The van der Waals surface area contributed by atoms with Crippen molar-refractivity contribution in [3.63, 3.8) is 0 Å². The Kier molecular flexibility index (Phi) is 42.2. The Morgan fingerprint density at radius 2 is 0.982 bits per heavy atom. The van der Waals surface area contributed by atoms with E-state index in [4.69, 9.17) is 4.74 Å². The fourth-order valence-electron chi connectivity index (χ4n) is 7.07. The highest BCUT2D eigenvalue weighted by Crippen LogP contribution is 2.17. The maximum absolute atomic E-state index is 13.1. The summed E-state index contributed by atoms with van der Waals surface area (Å²) in [5.74, 6) is -0.514. The number of ether oxygens (including phenoxy) is 1. The van der Waals surface area contributed by atoms with Crippen LogP contribution < -0.4 is 5.32 Å². The third kappa shape index (κ3) is 38.7. The van der Waals surface area contributed by atoms with E-state index >= 15 is 0 Å². The van der Waals surface area contributed by atoms with Crippen molar-refractivity contribution in [2.75, 3.05) is 6.61 Å². The molecule has 0 heterocycles. The summed E-state index contributed by atoms with van der Waals surface area (Å²) in [6, 6.07) is -0.711. The standard InChI is InChI=1S/C50H91NO5/c1-4-7-10-13-16-19-21-22-23-24-25-26-28-31-34-37-40-43-50(55)56-46(41-38-35-32-30-27-20-17-14-11-8-5-2)44-49(54)51-47(45-52)48(53)42-39-36-33-29-18-15-12-9-6-3/h8,11,14,17,20,22-23,27,46-48,52-53H,4-7,9-10,12-13,15-16,18-19,21,24-26,28-45H2,1-3H3,(H,51,54)/b11-8+,17-14+,23-22+,27-20-. The third-order valence-electron chi connectivity index (χ3n) is 10.7. The van der Waals surface area contributed by atoms with E-state index in [0.717, 1.165) is 70.6 Å². The molecule has 6 nitrogen and oxygen atoms in total. The van der Waals surface area contributed by atoms with Crippen molar-refractivity contribution in [3.8, 4) is 0 Å². The van der Waals surface area contributed by atoms with Gasteiger partial charge in [-0.15, -0.1) is 0 Å². The topological polar surface area (TPSA) is 95.9 Å². The van der Waals surface area contributed by atoms with Crippen molar-refractivity contribution in [3.05, 3.63) is 48.6 Å². The summed E-state index contributed by atoms with van der Waals surface area (Å²) in [5.41, 5.74) is 0. The first-order valence-corrected chi connectivity index (χ1v) is 23.9. The summed E-state index contributed by atoms with van der Waals surface area (Å²) in [4.78, 5) is 26.0. The van der Waals surface area contributed by atoms with E-state index in [1.165, 1.54) is 116 Å². The largest absolute Gasteiger partial charge is 0.462 e. The summed E-state index contributed by atoms with van der Waals surface area (Å²) in [6.07, 6.45) is 51.8. The summed E-state index contributed by atoms with van der Waals surface area (Å²) >= 11 is 0. The molecule has 3 atom stereocenters. The second-order valence-electron chi connectivity index (χ2n) is 16.2. The van der Waals surface area contributed by atoms with Gasteiger partial charge in [0.15, 0.2) is 0 Å². The van der Waals surface area contributed by atoms with Gasteiger partial charge in [0.1, 0.15) is 6.10 Å². The van der Waals surface area contributed by atoms with E-state index in [-0.39, 0.29) is 24.9 Å². The van der Waals surface area contributed by atoms with Crippen molar-refractivity contribution in [2.45, 2.75) is 251 Å². The maximum Gasteiger partial charge on any atom is 0.306 e. The molecule has 0 aliphatic rings. The molecule has 0 saturated heterocycles. The molecule has 0 radical (unpaired) electrons. The minimum Gasteiger partial charge on any atom is -0.462 e. The lowest BCUT2D eigenvalue weighted by Crippen LogP contribution is -2.46. The SMILES string of the molecule is CC/C=C/C=C/C=C\CCCCCC(CC(=O)NC(CO)C(O)CCCCCCCCCCC)OC(=O)CCCCCCCCC/C=C/CCCCCCCC. The first-order chi connectivity index (χ1) is 27.5. The van der Waals surface area contributed by atoms with Crippen LogP contribution in [0.15, 0.2) is 48.6 Å². The van der Waals surface area contributed by atoms with E-state index in [1.54, 1.807) is 0 Å². The number of carbonyl (C=O) groups excluding carboxylic acids is 2. The van der Waals surface area contributed by atoms with Gasteiger partial charge in [-0.25, -0.2) is 0 Å². The molecule has 0 rings (SSSR count). The molecule has 0 spiro atoms. The van der Waals surface area contributed by atoms with Gasteiger partial charge in [0.05, 0.1) is 25.2 Å². The lowest BCUT2D eigenvalue weighted by Gasteiger charge is -2.24. The quantitative estimate of drug-likeness (QED) is 0.0248. The Bertz CT molecular complexity index is 972. The Morgan fingerprint density at radius 3 is 1.52 bits per heavy atom. The Balaban J connectivity index is 4.56. The third-order valence-corrected chi connectivity index (χ3v) is 10.7. The lowest BCUT2D eigenvalue weighted by molar-refractivity contribution is -0.151. The van der Waals surface area contributed by atoms with Gasteiger partial charge in [-0.3, -0.25) is 9.59 Å². The number of allylic oxidation sites excluding steroid dienone is 8. The van der Waals surface area contributed by atoms with E-state index in [1.807, 2.05) is 12.2 Å². The van der Waals surface area contributed by atoms with Gasteiger partial charge in [0.2, 0.25) is 5.91 Å². The number of unbranched alkanes of at least 4 members (excludes halogenated alkanes) is 24. The molecule has 0 bridgehead atoms. The molecule has 0 aromatic rings. The molecule has 56 heavy (non-hydrogen) atoms. The molecule has 3 N–H and O–H groups in total. The molecular formula is C50H91NO5. The van der Waals surface area contributed by atoms with Crippen molar-refractivity contribution in [2.24, 2.45) is 0 Å². The smallest absolute Gasteiger partial charge is 0.306 e. The van der Waals surface area contributed by atoms with Gasteiger partial charge in [0.25, 0.3) is 0 Å². The van der Waals surface area contributed by atoms with Crippen LogP contribution in [0.4, 0.5) is 0 Å². The van der Waals surface area contributed by atoms with Crippen LogP contribution in [0.25, 0.3) is 0 Å². The molecule has 0 aliphatic carbocycles. The zero-order valence-corrected chi connectivity index (χ0v) is 37.0. The van der Waals surface area contributed by atoms with Crippen LogP contribution in [-0.4, -0.2) is 46.9 Å². The minimum atomic E-state index is -0.795. The van der Waals surface area contributed by atoms with Crippen LogP contribution in [0, 0.1) is 0 Å². The number of aliphatic hydroxyl groups is 2. The maximum atomic E-state index is 13.1. The highest BCUT2D eigenvalue weighted by molar-refractivity contribution is 5.77. The van der Waals surface area contributed by atoms with Gasteiger partial charge in [-0.1, -0.05) is 198 Å². The highest BCUT2D eigenvalue weighted by atomic mass is 16.5. The Morgan fingerprint density at radius 1 is 0.536 bits per heavy atom. The van der Waals surface area contributed by atoms with Gasteiger partial charge < -0.3 is 20.3 Å². The van der Waals surface area contributed by atoms with Crippen molar-refractivity contribution in [1.29, 1.82) is 0 Å². The number of carbonyl (C=O) groups is 2. The highest BCUT2D eigenvalue weighted by Gasteiger charge is 2.24. The summed E-state index contributed by atoms with van der Waals surface area (Å²) in [5, 5.41) is 23.6. The average molecular weight is 786 g/mol. The predicted octanol–water partition coefficient (Wildman–Crippen LogP) is 13.9. The first-order valence-electron chi connectivity index (χ1n) is 23.9. The van der Waals surface area contributed by atoms with E-state index in [2.05, 4.69) is 62.5 Å².